The fourth-order valence-corrected chi connectivity index (χ4v) is 4.72. The van der Waals surface area contributed by atoms with Gasteiger partial charge in [0.05, 0.1) is 0 Å². The van der Waals surface area contributed by atoms with E-state index in [1.807, 2.05) is 24.3 Å². The third-order valence-electron chi connectivity index (χ3n) is 1.25. The van der Waals surface area contributed by atoms with Crippen molar-refractivity contribution in [1.82, 2.24) is 0 Å². The topological polar surface area (TPSA) is 0 Å². The lowest BCUT2D eigenvalue weighted by atomic mass is 10.4. The van der Waals surface area contributed by atoms with Gasteiger partial charge in [-0.25, -0.2) is 0 Å². The number of hydrogen-bond acceptors (Lipinski definition) is 0. The van der Waals surface area contributed by atoms with E-state index in [-0.39, 0.29) is 0 Å². The number of rotatable bonds is 2. The van der Waals surface area contributed by atoms with Crippen molar-refractivity contribution < 1.29 is 0 Å². The molecule has 0 bridgehead atoms. The Labute approximate surface area is 92.8 Å². The summed E-state index contributed by atoms with van der Waals surface area (Å²) in [5.74, 6) is 0. The fraction of sp³-hybridized carbons (Fsp3) is 0. The van der Waals surface area contributed by atoms with Gasteiger partial charge in [0, 0.05) is 10.6 Å². The molecule has 6 heteroatoms. The predicted octanol–water partition coefficient (Wildman–Crippen LogP) is 4.52. The minimum Gasteiger partial charge on any atom is -0.0727 e. The summed E-state index contributed by atoms with van der Waals surface area (Å²) in [4.78, 5) is 0. The zero-order valence-corrected chi connectivity index (χ0v) is 10.5. The van der Waals surface area contributed by atoms with Crippen LogP contribution in [0.5, 0.6) is 0 Å². The standard InChI is InChI=1S/C6H4Cl4P2/c7-11(8)5-3-1-2-4-6(5)12(9)10/h1-4H. The minimum atomic E-state index is -1.16. The van der Waals surface area contributed by atoms with Crippen LogP contribution in [-0.2, 0) is 0 Å². The van der Waals surface area contributed by atoms with Crippen molar-refractivity contribution in [1.29, 1.82) is 0 Å². The van der Waals surface area contributed by atoms with Crippen LogP contribution in [-0.4, -0.2) is 0 Å². The maximum absolute atomic E-state index is 5.78. The molecule has 12 heavy (non-hydrogen) atoms. The lowest BCUT2D eigenvalue weighted by Crippen LogP contribution is -2.15. The molecule has 0 nitrogen and oxygen atoms in total. The van der Waals surface area contributed by atoms with Crippen LogP contribution < -0.4 is 10.6 Å². The summed E-state index contributed by atoms with van der Waals surface area (Å²) in [7, 11) is 0. The first kappa shape index (κ1) is 11.3. The molecule has 0 spiro atoms. The van der Waals surface area contributed by atoms with Gasteiger partial charge in [0.15, 0.2) is 0 Å². The second kappa shape index (κ2) is 5.20. The predicted molar refractivity (Wildman–Crippen MR) is 63.0 cm³/mol. The van der Waals surface area contributed by atoms with Crippen molar-refractivity contribution in [2.24, 2.45) is 0 Å². The number of benzene rings is 1. The first-order valence-corrected chi connectivity index (χ1v) is 9.25. The van der Waals surface area contributed by atoms with Gasteiger partial charge >= 0.3 is 0 Å². The monoisotopic (exact) mass is 278 g/mol. The largest absolute Gasteiger partial charge is 0.117 e. The van der Waals surface area contributed by atoms with Gasteiger partial charge in [0.25, 0.3) is 0 Å². The molecule has 0 atom stereocenters. The average molecular weight is 280 g/mol. The Bertz CT molecular complexity index is 236. The van der Waals surface area contributed by atoms with Gasteiger partial charge < -0.3 is 0 Å². The van der Waals surface area contributed by atoms with E-state index in [9.17, 15) is 0 Å². The van der Waals surface area contributed by atoms with E-state index in [4.69, 9.17) is 45.0 Å². The molecule has 0 radical (unpaired) electrons. The molecule has 1 aromatic rings. The quantitative estimate of drug-likeness (QED) is 0.699. The molecule has 0 fully saturated rings. The summed E-state index contributed by atoms with van der Waals surface area (Å²) in [6, 6.07) is 7.43. The van der Waals surface area contributed by atoms with Crippen molar-refractivity contribution in [2.45, 2.75) is 0 Å². The summed E-state index contributed by atoms with van der Waals surface area (Å²) < 4.78 is 0. The SMILES string of the molecule is ClP(Cl)c1ccccc1P(Cl)Cl. The summed E-state index contributed by atoms with van der Waals surface area (Å²) in [6.45, 7) is -2.31. The van der Waals surface area contributed by atoms with Gasteiger partial charge in [-0.15, -0.1) is 0 Å². The zero-order chi connectivity index (χ0) is 9.14. The maximum Gasteiger partial charge on any atom is 0.117 e. The van der Waals surface area contributed by atoms with Crippen LogP contribution in [0.3, 0.4) is 0 Å². The fourth-order valence-electron chi connectivity index (χ4n) is 0.750. The third-order valence-corrected chi connectivity index (χ3v) is 5.12. The van der Waals surface area contributed by atoms with E-state index in [1.165, 1.54) is 0 Å². The molecule has 0 aliphatic carbocycles. The van der Waals surface area contributed by atoms with E-state index in [2.05, 4.69) is 0 Å². The maximum atomic E-state index is 5.78. The van der Waals surface area contributed by atoms with Crippen LogP contribution in [0.15, 0.2) is 24.3 Å². The van der Waals surface area contributed by atoms with E-state index in [0.717, 1.165) is 10.6 Å². The summed E-state index contributed by atoms with van der Waals surface area (Å²) in [5.41, 5.74) is 0. The van der Waals surface area contributed by atoms with E-state index < -0.39 is 13.3 Å². The lowest BCUT2D eigenvalue weighted by Gasteiger charge is -2.08. The Kier molecular flexibility index (Phi) is 4.91. The molecule has 0 saturated carbocycles. The minimum absolute atomic E-state index is 0.854. The highest BCUT2D eigenvalue weighted by molar-refractivity contribution is 8.13. The molecular weight excluding hydrogens is 276 g/mol. The lowest BCUT2D eigenvalue weighted by molar-refractivity contribution is 1.83. The highest BCUT2D eigenvalue weighted by Gasteiger charge is 2.14. The molecule has 0 aromatic heterocycles. The molecule has 0 amide bonds. The highest BCUT2D eigenvalue weighted by atomic mass is 35.9. The van der Waals surface area contributed by atoms with Crippen LogP contribution >= 0.6 is 58.2 Å². The first-order chi connectivity index (χ1) is 5.63. The Morgan fingerprint density at radius 2 is 1.08 bits per heavy atom. The molecule has 0 saturated heterocycles. The smallest absolute Gasteiger partial charge is 0.0727 e. The van der Waals surface area contributed by atoms with Crippen LogP contribution in [0.2, 0.25) is 0 Å². The summed E-state index contributed by atoms with van der Waals surface area (Å²) in [6.07, 6.45) is 0. The van der Waals surface area contributed by atoms with Crippen LogP contribution in [0.1, 0.15) is 0 Å². The normalized spacial score (nSPS) is 11.2. The Morgan fingerprint density at radius 3 is 1.33 bits per heavy atom. The molecule has 0 unspecified atom stereocenters. The van der Waals surface area contributed by atoms with Gasteiger partial charge in [-0.05, 0) is 0 Å². The van der Waals surface area contributed by atoms with Gasteiger partial charge in [-0.2, -0.15) is 0 Å². The van der Waals surface area contributed by atoms with E-state index >= 15 is 0 Å². The van der Waals surface area contributed by atoms with Crippen LogP contribution in [0, 0.1) is 0 Å². The van der Waals surface area contributed by atoms with Gasteiger partial charge in [-0.1, -0.05) is 69.2 Å². The van der Waals surface area contributed by atoms with Crippen molar-refractivity contribution in [3.63, 3.8) is 0 Å². The van der Waals surface area contributed by atoms with E-state index in [0.29, 0.717) is 0 Å². The Hall–Kier alpha value is 1.24. The van der Waals surface area contributed by atoms with Crippen molar-refractivity contribution >= 4 is 68.8 Å². The molecule has 0 aliphatic heterocycles. The van der Waals surface area contributed by atoms with Crippen molar-refractivity contribution in [2.75, 3.05) is 0 Å². The van der Waals surface area contributed by atoms with Crippen molar-refractivity contribution in [3.8, 4) is 0 Å². The second-order valence-electron chi connectivity index (χ2n) is 1.95. The first-order valence-electron chi connectivity index (χ1n) is 2.95. The van der Waals surface area contributed by atoms with Gasteiger partial charge in [-0.3, -0.25) is 0 Å². The van der Waals surface area contributed by atoms with E-state index in [1.54, 1.807) is 0 Å². The molecule has 0 aliphatic rings. The van der Waals surface area contributed by atoms with Gasteiger partial charge in [0.2, 0.25) is 0 Å². The Morgan fingerprint density at radius 1 is 0.750 bits per heavy atom. The molecule has 0 heterocycles. The second-order valence-corrected chi connectivity index (χ2v) is 8.94. The highest BCUT2D eigenvalue weighted by Crippen LogP contribution is 2.51. The van der Waals surface area contributed by atoms with Crippen molar-refractivity contribution in [3.05, 3.63) is 24.3 Å². The molecule has 1 aromatic carbocycles. The molecule has 1 rings (SSSR count). The summed E-state index contributed by atoms with van der Waals surface area (Å²) in [5, 5.41) is 1.71. The van der Waals surface area contributed by atoms with Crippen LogP contribution in [0.25, 0.3) is 0 Å². The van der Waals surface area contributed by atoms with Gasteiger partial charge in [0.1, 0.15) is 13.3 Å². The molecule has 0 N–H and O–H groups in total. The zero-order valence-electron chi connectivity index (χ0n) is 5.72. The third kappa shape index (κ3) is 2.88. The number of hydrogen-bond donors (Lipinski definition) is 0. The number of halogens is 4. The average Bonchev–Trinajstić information content (AvgIpc) is 2.04. The molecule has 66 valence electrons. The Balaban J connectivity index is 3.09. The van der Waals surface area contributed by atoms with Crippen LogP contribution in [0.4, 0.5) is 0 Å². The molecular formula is C6H4Cl4P2. The summed E-state index contributed by atoms with van der Waals surface area (Å²) >= 11 is 23.1.